The van der Waals surface area contributed by atoms with Gasteiger partial charge in [0.2, 0.25) is 5.91 Å². The summed E-state index contributed by atoms with van der Waals surface area (Å²) in [5.41, 5.74) is 0.0832. The molecule has 1 amide bonds. The van der Waals surface area contributed by atoms with Crippen LogP contribution in [0.2, 0.25) is 0 Å². The lowest BCUT2D eigenvalue weighted by Gasteiger charge is -2.22. The molecule has 1 aromatic carbocycles. The first-order valence-electron chi connectivity index (χ1n) is 8.17. The molecule has 6 heteroatoms. The Labute approximate surface area is 148 Å². The van der Waals surface area contributed by atoms with Gasteiger partial charge in [0.25, 0.3) is 0 Å². The molecule has 0 aromatic heterocycles. The van der Waals surface area contributed by atoms with E-state index >= 15 is 0 Å². The number of hydrogen-bond acceptors (Lipinski definition) is 4. The summed E-state index contributed by atoms with van der Waals surface area (Å²) < 4.78 is 12.2. The topological polar surface area (TPSA) is 55.8 Å². The summed E-state index contributed by atoms with van der Waals surface area (Å²) in [6.07, 6.45) is 4.24. The van der Waals surface area contributed by atoms with Crippen molar-refractivity contribution >= 4 is 33.5 Å². The van der Waals surface area contributed by atoms with Gasteiger partial charge < -0.3 is 14.4 Å². The molecule has 3 aliphatic rings. The number of hydrogen-bond donors (Lipinski definition) is 0. The van der Waals surface area contributed by atoms with Gasteiger partial charge in [-0.1, -0.05) is 31.2 Å². The number of carbonyl (C=O) groups is 2. The lowest BCUT2D eigenvalue weighted by atomic mass is 9.77. The highest BCUT2D eigenvalue weighted by molar-refractivity contribution is 9.10. The number of fused-ring (bicyclic) bond motifs is 1. The molecule has 0 saturated carbocycles. The van der Waals surface area contributed by atoms with Crippen LogP contribution in [-0.2, 0) is 19.1 Å². The van der Waals surface area contributed by atoms with Crippen LogP contribution in [-0.4, -0.2) is 36.7 Å². The molecule has 1 aromatic rings. The van der Waals surface area contributed by atoms with E-state index in [0.717, 1.165) is 16.6 Å². The van der Waals surface area contributed by atoms with Crippen LogP contribution >= 0.6 is 15.9 Å². The zero-order valence-corrected chi connectivity index (χ0v) is 14.9. The minimum Gasteiger partial charge on any atom is -0.465 e. The Kier molecular flexibility index (Phi) is 3.77. The SMILES string of the molecule is CCCOC(=O)[C@H]1[C@H]2C(=O)N(c3ccccc3Br)C[C@@]23C=C[C@H]1O3. The monoisotopic (exact) mass is 391 g/mol. The van der Waals surface area contributed by atoms with Crippen molar-refractivity contribution < 1.29 is 19.1 Å². The number of benzene rings is 1. The molecule has 0 N–H and O–H groups in total. The molecule has 0 radical (unpaired) electrons. The summed E-state index contributed by atoms with van der Waals surface area (Å²) in [6.45, 7) is 2.73. The minimum atomic E-state index is -0.715. The molecule has 2 saturated heterocycles. The quantitative estimate of drug-likeness (QED) is 0.584. The molecule has 5 nitrogen and oxygen atoms in total. The average molecular weight is 392 g/mol. The number of anilines is 1. The Morgan fingerprint density at radius 1 is 1.46 bits per heavy atom. The van der Waals surface area contributed by atoms with Gasteiger partial charge >= 0.3 is 5.97 Å². The van der Waals surface area contributed by atoms with Gasteiger partial charge in [0.15, 0.2) is 0 Å². The molecule has 2 bridgehead atoms. The lowest BCUT2D eigenvalue weighted by Crippen LogP contribution is -2.40. The predicted octanol–water partition coefficient (Wildman–Crippen LogP) is 2.69. The molecule has 126 valence electrons. The second-order valence-corrected chi connectivity index (χ2v) is 7.30. The van der Waals surface area contributed by atoms with E-state index in [4.69, 9.17) is 9.47 Å². The largest absolute Gasteiger partial charge is 0.465 e. The Morgan fingerprint density at radius 3 is 3.00 bits per heavy atom. The normalized spacial score (nSPS) is 33.2. The first-order chi connectivity index (χ1) is 11.6. The van der Waals surface area contributed by atoms with Crippen molar-refractivity contribution in [2.45, 2.75) is 25.0 Å². The third-order valence-corrected chi connectivity index (χ3v) is 5.63. The summed E-state index contributed by atoms with van der Waals surface area (Å²) >= 11 is 3.50. The molecular formula is C18H18BrNO4. The zero-order chi connectivity index (χ0) is 16.9. The number of para-hydroxylation sites is 1. The molecule has 3 heterocycles. The highest BCUT2D eigenvalue weighted by atomic mass is 79.9. The summed E-state index contributed by atoms with van der Waals surface area (Å²) in [5.74, 6) is -1.47. The number of halogens is 1. The van der Waals surface area contributed by atoms with Gasteiger partial charge in [0.1, 0.15) is 11.5 Å². The molecule has 0 unspecified atom stereocenters. The van der Waals surface area contributed by atoms with Gasteiger partial charge in [-0.05, 0) is 34.5 Å². The Balaban J connectivity index is 1.67. The van der Waals surface area contributed by atoms with Crippen LogP contribution in [0.4, 0.5) is 5.69 Å². The molecule has 4 atom stereocenters. The number of rotatable bonds is 4. The highest BCUT2D eigenvalue weighted by Crippen LogP contribution is 2.53. The van der Waals surface area contributed by atoms with Crippen LogP contribution in [0, 0.1) is 11.8 Å². The van der Waals surface area contributed by atoms with Gasteiger partial charge in [-0.3, -0.25) is 9.59 Å². The van der Waals surface area contributed by atoms with Crippen molar-refractivity contribution in [3.8, 4) is 0 Å². The molecule has 2 fully saturated rings. The molecule has 24 heavy (non-hydrogen) atoms. The fourth-order valence-corrected chi connectivity index (χ4v) is 4.44. The van der Waals surface area contributed by atoms with Crippen molar-refractivity contribution in [3.05, 3.63) is 40.9 Å². The summed E-state index contributed by atoms with van der Waals surface area (Å²) in [6, 6.07) is 7.58. The predicted molar refractivity (Wildman–Crippen MR) is 91.5 cm³/mol. The van der Waals surface area contributed by atoms with E-state index in [1.165, 1.54) is 0 Å². The van der Waals surface area contributed by atoms with Crippen molar-refractivity contribution in [3.63, 3.8) is 0 Å². The van der Waals surface area contributed by atoms with Gasteiger partial charge in [0.05, 0.1) is 30.9 Å². The molecule has 4 rings (SSSR count). The maximum atomic E-state index is 13.1. The first kappa shape index (κ1) is 15.8. The van der Waals surface area contributed by atoms with E-state index in [1.807, 2.05) is 43.3 Å². The van der Waals surface area contributed by atoms with Crippen molar-refractivity contribution in [1.82, 2.24) is 0 Å². The Hall–Kier alpha value is -1.66. The third-order valence-electron chi connectivity index (χ3n) is 4.96. The van der Waals surface area contributed by atoms with Crippen LogP contribution in [0.3, 0.4) is 0 Å². The van der Waals surface area contributed by atoms with Crippen LogP contribution in [0.1, 0.15) is 13.3 Å². The van der Waals surface area contributed by atoms with E-state index < -0.39 is 17.4 Å². The van der Waals surface area contributed by atoms with E-state index in [9.17, 15) is 9.59 Å². The Morgan fingerprint density at radius 2 is 2.25 bits per heavy atom. The second kappa shape index (κ2) is 5.70. The van der Waals surface area contributed by atoms with E-state index in [1.54, 1.807) is 4.90 Å². The molecule has 1 spiro atoms. The standard InChI is InChI=1S/C18H18BrNO4/c1-2-9-23-17(22)14-13-7-8-18(24-13)10-20(16(21)15(14)18)12-6-4-3-5-11(12)19/h3-8,13-15H,2,9-10H2,1H3/t13-,14-,15+,18+/m1/s1. The fourth-order valence-electron chi connectivity index (χ4n) is 3.94. The Bertz CT molecular complexity index is 733. The summed E-state index contributed by atoms with van der Waals surface area (Å²) in [7, 11) is 0. The van der Waals surface area contributed by atoms with Crippen molar-refractivity contribution in [2.24, 2.45) is 11.8 Å². The fraction of sp³-hybridized carbons (Fsp3) is 0.444. The van der Waals surface area contributed by atoms with Crippen LogP contribution in [0.25, 0.3) is 0 Å². The smallest absolute Gasteiger partial charge is 0.312 e. The van der Waals surface area contributed by atoms with Gasteiger partial charge in [-0.25, -0.2) is 0 Å². The minimum absolute atomic E-state index is 0.0767. The summed E-state index contributed by atoms with van der Waals surface area (Å²) in [4.78, 5) is 27.3. The van der Waals surface area contributed by atoms with Gasteiger partial charge in [-0.2, -0.15) is 0 Å². The van der Waals surface area contributed by atoms with Gasteiger partial charge in [-0.15, -0.1) is 0 Å². The molecular weight excluding hydrogens is 374 g/mol. The summed E-state index contributed by atoms with van der Waals surface area (Å²) in [5, 5.41) is 0. The van der Waals surface area contributed by atoms with Crippen LogP contribution < -0.4 is 4.90 Å². The number of carbonyl (C=O) groups excluding carboxylic acids is 2. The van der Waals surface area contributed by atoms with E-state index in [-0.39, 0.29) is 18.0 Å². The first-order valence-corrected chi connectivity index (χ1v) is 8.96. The second-order valence-electron chi connectivity index (χ2n) is 6.44. The van der Waals surface area contributed by atoms with Crippen LogP contribution in [0.5, 0.6) is 0 Å². The average Bonchev–Trinajstić information content (AvgIpc) is 3.21. The maximum absolute atomic E-state index is 13.1. The number of esters is 1. The van der Waals surface area contributed by atoms with E-state index in [2.05, 4.69) is 15.9 Å². The van der Waals surface area contributed by atoms with Crippen molar-refractivity contribution in [1.29, 1.82) is 0 Å². The van der Waals surface area contributed by atoms with Crippen LogP contribution in [0.15, 0.2) is 40.9 Å². The highest BCUT2D eigenvalue weighted by Gasteiger charge is 2.67. The molecule has 0 aliphatic carbocycles. The van der Waals surface area contributed by atoms with E-state index in [0.29, 0.717) is 13.2 Å². The lowest BCUT2D eigenvalue weighted by molar-refractivity contribution is -0.152. The number of nitrogens with zero attached hydrogens (tertiary/aromatic N) is 1. The number of amides is 1. The van der Waals surface area contributed by atoms with Gasteiger partial charge in [0, 0.05) is 4.47 Å². The van der Waals surface area contributed by atoms with Crippen molar-refractivity contribution in [2.75, 3.05) is 18.1 Å². The maximum Gasteiger partial charge on any atom is 0.312 e. The molecule has 3 aliphatic heterocycles. The number of ether oxygens (including phenoxy) is 2. The zero-order valence-electron chi connectivity index (χ0n) is 13.3. The third kappa shape index (κ3) is 2.16.